The molecule has 0 spiro atoms. The van der Waals surface area contributed by atoms with Crippen molar-refractivity contribution < 1.29 is 4.79 Å². The van der Waals surface area contributed by atoms with Crippen molar-refractivity contribution in [2.75, 3.05) is 23.7 Å². The summed E-state index contributed by atoms with van der Waals surface area (Å²) in [6, 6.07) is 8.46. The van der Waals surface area contributed by atoms with Gasteiger partial charge >= 0.3 is 0 Å². The molecule has 20 heavy (non-hydrogen) atoms. The molecule has 1 saturated heterocycles. The Morgan fingerprint density at radius 3 is 2.85 bits per heavy atom. The van der Waals surface area contributed by atoms with Gasteiger partial charge in [0.25, 0.3) is 0 Å². The highest BCUT2D eigenvalue weighted by atomic mass is 16.1. The Labute approximate surface area is 121 Å². The number of hydrogen-bond acceptors (Lipinski definition) is 3. The molecule has 1 aromatic carbocycles. The van der Waals surface area contributed by atoms with Crippen molar-refractivity contribution in [2.24, 2.45) is 5.92 Å². The van der Waals surface area contributed by atoms with E-state index in [1.807, 2.05) is 38.1 Å². The van der Waals surface area contributed by atoms with Crippen LogP contribution in [0.25, 0.3) is 0 Å². The maximum Gasteiger partial charge on any atom is 0.226 e. The van der Waals surface area contributed by atoms with E-state index >= 15 is 0 Å². The van der Waals surface area contributed by atoms with Gasteiger partial charge in [0.1, 0.15) is 0 Å². The molecule has 1 aliphatic rings. The lowest BCUT2D eigenvalue weighted by atomic mass is 10.1. The molecule has 4 heteroatoms. The first-order valence-electron chi connectivity index (χ1n) is 7.53. The molecule has 3 N–H and O–H groups in total. The van der Waals surface area contributed by atoms with Crippen molar-refractivity contribution in [1.82, 2.24) is 5.32 Å². The Bertz CT molecular complexity index is 439. The normalized spacial score (nSPS) is 18.9. The van der Waals surface area contributed by atoms with Crippen LogP contribution in [0.2, 0.25) is 0 Å². The summed E-state index contributed by atoms with van der Waals surface area (Å²) in [4.78, 5) is 11.7. The highest BCUT2D eigenvalue weighted by Gasteiger charge is 2.12. The smallest absolute Gasteiger partial charge is 0.226 e. The molecule has 0 aromatic heterocycles. The predicted octanol–water partition coefficient (Wildman–Crippen LogP) is 2.84. The van der Waals surface area contributed by atoms with Crippen LogP contribution in [0.3, 0.4) is 0 Å². The summed E-state index contributed by atoms with van der Waals surface area (Å²) in [7, 11) is 0. The number of rotatable bonds is 5. The Hall–Kier alpha value is -1.55. The Morgan fingerprint density at radius 2 is 2.15 bits per heavy atom. The zero-order valence-corrected chi connectivity index (χ0v) is 12.4. The van der Waals surface area contributed by atoms with E-state index in [1.54, 1.807) is 0 Å². The van der Waals surface area contributed by atoms with Gasteiger partial charge in [-0.1, -0.05) is 26.3 Å². The third kappa shape index (κ3) is 4.53. The highest BCUT2D eigenvalue weighted by Crippen LogP contribution is 2.16. The number of amides is 1. The van der Waals surface area contributed by atoms with Crippen LogP contribution in [0.15, 0.2) is 24.3 Å². The van der Waals surface area contributed by atoms with Crippen molar-refractivity contribution in [1.29, 1.82) is 0 Å². The molecule has 110 valence electrons. The number of hydrogen-bond donors (Lipinski definition) is 3. The number of carbonyl (C=O) groups is 1. The molecule has 1 atom stereocenters. The summed E-state index contributed by atoms with van der Waals surface area (Å²) in [5.41, 5.74) is 1.91. The first-order chi connectivity index (χ1) is 9.65. The molecular formula is C16H25N3O. The Morgan fingerprint density at radius 1 is 1.35 bits per heavy atom. The molecule has 2 rings (SSSR count). The lowest BCUT2D eigenvalue weighted by molar-refractivity contribution is -0.118. The second kappa shape index (κ2) is 7.29. The maximum atomic E-state index is 11.7. The van der Waals surface area contributed by atoms with Gasteiger partial charge in [0.05, 0.1) is 0 Å². The maximum absolute atomic E-state index is 11.7. The summed E-state index contributed by atoms with van der Waals surface area (Å²) >= 11 is 0. The molecule has 0 radical (unpaired) electrons. The van der Waals surface area contributed by atoms with E-state index in [1.165, 1.54) is 19.3 Å². The fourth-order valence-electron chi connectivity index (χ4n) is 2.33. The highest BCUT2D eigenvalue weighted by molar-refractivity contribution is 5.92. The van der Waals surface area contributed by atoms with Gasteiger partial charge in [-0.25, -0.2) is 0 Å². The molecular weight excluding hydrogens is 250 g/mol. The van der Waals surface area contributed by atoms with E-state index in [-0.39, 0.29) is 11.8 Å². The summed E-state index contributed by atoms with van der Waals surface area (Å²) in [5, 5.41) is 9.89. The minimum Gasteiger partial charge on any atom is -0.383 e. The average molecular weight is 275 g/mol. The number of nitrogens with one attached hydrogen (secondary N) is 3. The van der Waals surface area contributed by atoms with E-state index in [9.17, 15) is 4.79 Å². The number of piperidine rings is 1. The van der Waals surface area contributed by atoms with Gasteiger partial charge in [-0.15, -0.1) is 0 Å². The van der Waals surface area contributed by atoms with Crippen LogP contribution in [0, 0.1) is 5.92 Å². The summed E-state index contributed by atoms with van der Waals surface area (Å²) < 4.78 is 0. The van der Waals surface area contributed by atoms with Crippen LogP contribution in [0.4, 0.5) is 11.4 Å². The molecule has 0 saturated carbocycles. The molecule has 0 bridgehead atoms. The molecule has 1 heterocycles. The van der Waals surface area contributed by atoms with E-state index in [0.717, 1.165) is 24.5 Å². The van der Waals surface area contributed by atoms with Crippen LogP contribution < -0.4 is 16.0 Å². The van der Waals surface area contributed by atoms with Gasteiger partial charge in [-0.3, -0.25) is 4.79 Å². The van der Waals surface area contributed by atoms with Gasteiger partial charge < -0.3 is 16.0 Å². The predicted molar refractivity (Wildman–Crippen MR) is 84.0 cm³/mol. The van der Waals surface area contributed by atoms with Gasteiger partial charge in [-0.05, 0) is 37.6 Å². The minimum atomic E-state index is -0.00180. The van der Waals surface area contributed by atoms with Crippen molar-refractivity contribution in [3.63, 3.8) is 0 Å². The largest absolute Gasteiger partial charge is 0.383 e. The number of carbonyl (C=O) groups excluding carboxylic acids is 1. The molecule has 1 aliphatic heterocycles. The lowest BCUT2D eigenvalue weighted by Gasteiger charge is -2.24. The summed E-state index contributed by atoms with van der Waals surface area (Å²) in [6.07, 6.45) is 3.83. The second-order valence-corrected chi connectivity index (χ2v) is 5.75. The molecule has 1 amide bonds. The van der Waals surface area contributed by atoms with E-state index in [0.29, 0.717) is 6.04 Å². The average Bonchev–Trinajstić information content (AvgIpc) is 2.46. The van der Waals surface area contributed by atoms with Gasteiger partial charge in [0, 0.05) is 29.9 Å². The standard InChI is InChI=1S/C16H25N3O/c1-12(2)16(20)19-14-8-5-7-13(10-14)18-11-15-6-3-4-9-17-15/h5,7-8,10,12,15,17-18H,3-4,6,9,11H2,1-2H3,(H,19,20). The molecule has 1 fully saturated rings. The van der Waals surface area contributed by atoms with Crippen LogP contribution in [0.1, 0.15) is 33.1 Å². The topological polar surface area (TPSA) is 53.2 Å². The SMILES string of the molecule is CC(C)C(=O)Nc1cccc(NCC2CCCCN2)c1. The Kier molecular flexibility index (Phi) is 5.41. The van der Waals surface area contributed by atoms with Crippen molar-refractivity contribution in [3.8, 4) is 0 Å². The first-order valence-corrected chi connectivity index (χ1v) is 7.53. The molecule has 0 aliphatic carbocycles. The monoisotopic (exact) mass is 275 g/mol. The fraction of sp³-hybridized carbons (Fsp3) is 0.562. The third-order valence-electron chi connectivity index (χ3n) is 3.62. The van der Waals surface area contributed by atoms with E-state index in [2.05, 4.69) is 16.0 Å². The number of benzene rings is 1. The van der Waals surface area contributed by atoms with Crippen LogP contribution in [-0.2, 0) is 4.79 Å². The van der Waals surface area contributed by atoms with Crippen LogP contribution >= 0.6 is 0 Å². The summed E-state index contributed by atoms with van der Waals surface area (Å²) in [5.74, 6) is 0.0501. The second-order valence-electron chi connectivity index (χ2n) is 5.75. The molecule has 4 nitrogen and oxygen atoms in total. The minimum absolute atomic E-state index is 0.00180. The van der Waals surface area contributed by atoms with Crippen molar-refractivity contribution in [2.45, 2.75) is 39.2 Å². The summed E-state index contributed by atoms with van der Waals surface area (Å²) in [6.45, 7) is 5.84. The van der Waals surface area contributed by atoms with Gasteiger partial charge in [0.15, 0.2) is 0 Å². The van der Waals surface area contributed by atoms with Crippen molar-refractivity contribution >= 4 is 17.3 Å². The lowest BCUT2D eigenvalue weighted by Crippen LogP contribution is -2.39. The van der Waals surface area contributed by atoms with Crippen LogP contribution in [0.5, 0.6) is 0 Å². The van der Waals surface area contributed by atoms with Gasteiger partial charge in [-0.2, -0.15) is 0 Å². The van der Waals surface area contributed by atoms with Crippen LogP contribution in [-0.4, -0.2) is 25.0 Å². The first kappa shape index (κ1) is 14.9. The van der Waals surface area contributed by atoms with Crippen molar-refractivity contribution in [3.05, 3.63) is 24.3 Å². The quantitative estimate of drug-likeness (QED) is 0.774. The van der Waals surface area contributed by atoms with E-state index < -0.39 is 0 Å². The molecule has 1 aromatic rings. The fourth-order valence-corrected chi connectivity index (χ4v) is 2.33. The Balaban J connectivity index is 1.87. The van der Waals surface area contributed by atoms with Gasteiger partial charge in [0.2, 0.25) is 5.91 Å². The number of anilines is 2. The van der Waals surface area contributed by atoms with E-state index in [4.69, 9.17) is 0 Å². The zero-order chi connectivity index (χ0) is 14.4. The zero-order valence-electron chi connectivity index (χ0n) is 12.4. The molecule has 1 unspecified atom stereocenters. The third-order valence-corrected chi connectivity index (χ3v) is 3.62.